The molecule has 0 spiro atoms. The van der Waals surface area contributed by atoms with Crippen molar-refractivity contribution in [1.29, 1.82) is 0 Å². The maximum absolute atomic E-state index is 12.6. The van der Waals surface area contributed by atoms with Crippen molar-refractivity contribution in [3.8, 4) is 0 Å². The van der Waals surface area contributed by atoms with Gasteiger partial charge in [-0.25, -0.2) is 4.57 Å². The third-order valence-electron chi connectivity index (χ3n) is 8.31. The largest absolute Gasteiger partial charge is 0.480 e. The Kier molecular flexibility index (Phi) is 34.8. The topological polar surface area (TPSA) is 192 Å². The molecule has 0 heterocycles. The molecule has 0 aliphatic heterocycles. The number of unbranched alkanes of at least 4 members (excludes halogenated alkanes) is 11. The first kappa shape index (κ1) is 52.1. The molecule has 316 valence electrons. The van der Waals surface area contributed by atoms with Crippen LogP contribution in [-0.4, -0.2) is 71.1 Å². The summed E-state index contributed by atoms with van der Waals surface area (Å²) < 4.78 is 32.5. The van der Waals surface area contributed by atoms with E-state index < -0.39 is 57.7 Å². The van der Waals surface area contributed by atoms with Crippen LogP contribution in [0.25, 0.3) is 0 Å². The van der Waals surface area contributed by atoms with Crippen LogP contribution in [0.15, 0.2) is 60.8 Å². The number of allylic oxidation sites excluding steroid dienone is 9. The Morgan fingerprint density at radius 2 is 1.15 bits per heavy atom. The Hall–Kier alpha value is -2.86. The molecule has 4 atom stereocenters. The fraction of sp³-hybridized carbons (Fsp3) is 0.690. The fourth-order valence-corrected chi connectivity index (χ4v) is 5.79. The number of ether oxygens (including phenoxy) is 2. The lowest BCUT2D eigenvalue weighted by atomic mass is 10.1. The van der Waals surface area contributed by atoms with Crippen LogP contribution in [0.4, 0.5) is 0 Å². The summed E-state index contributed by atoms with van der Waals surface area (Å²) in [5, 5.41) is 18.7. The third-order valence-corrected chi connectivity index (χ3v) is 9.26. The first-order valence-electron chi connectivity index (χ1n) is 20.4. The van der Waals surface area contributed by atoms with Gasteiger partial charge in [0.2, 0.25) is 0 Å². The van der Waals surface area contributed by atoms with Gasteiger partial charge < -0.3 is 30.3 Å². The minimum Gasteiger partial charge on any atom is -0.480 e. The summed E-state index contributed by atoms with van der Waals surface area (Å²) in [5.41, 5.74) is 5.31. The predicted octanol–water partition coefficient (Wildman–Crippen LogP) is 9.36. The Balaban J connectivity index is 4.54. The molecule has 0 aromatic rings. The van der Waals surface area contributed by atoms with E-state index in [1.54, 1.807) is 0 Å². The fourth-order valence-electron chi connectivity index (χ4n) is 5.01. The summed E-state index contributed by atoms with van der Waals surface area (Å²) in [4.78, 5) is 45.8. The van der Waals surface area contributed by atoms with E-state index in [1.165, 1.54) is 25.7 Å². The molecule has 0 saturated heterocycles. The maximum atomic E-state index is 12.6. The Bertz CT molecular complexity index is 1180. The zero-order valence-electron chi connectivity index (χ0n) is 33.6. The lowest BCUT2D eigenvalue weighted by Crippen LogP contribution is -2.34. The number of carbonyl (C=O) groups excluding carboxylic acids is 2. The second kappa shape index (κ2) is 36.8. The van der Waals surface area contributed by atoms with Crippen LogP contribution in [0.2, 0.25) is 0 Å². The van der Waals surface area contributed by atoms with Gasteiger partial charge in [-0.2, -0.15) is 0 Å². The molecule has 0 rings (SSSR count). The highest BCUT2D eigenvalue weighted by atomic mass is 31.2. The Labute approximate surface area is 330 Å². The van der Waals surface area contributed by atoms with Gasteiger partial charge >= 0.3 is 25.7 Å². The molecule has 12 nitrogen and oxygen atoms in total. The lowest BCUT2D eigenvalue weighted by Gasteiger charge is -2.20. The van der Waals surface area contributed by atoms with Crippen LogP contribution in [0.1, 0.15) is 149 Å². The lowest BCUT2D eigenvalue weighted by molar-refractivity contribution is -0.161. The molecular formula is C42H72NO11P. The van der Waals surface area contributed by atoms with Crippen LogP contribution in [0.5, 0.6) is 0 Å². The number of carboxylic acids is 1. The van der Waals surface area contributed by atoms with Crippen molar-refractivity contribution < 1.29 is 52.6 Å². The molecule has 0 saturated carbocycles. The molecular weight excluding hydrogens is 725 g/mol. The number of phosphoric acid groups is 1. The van der Waals surface area contributed by atoms with E-state index in [0.29, 0.717) is 19.3 Å². The molecule has 55 heavy (non-hydrogen) atoms. The van der Waals surface area contributed by atoms with E-state index in [0.717, 1.165) is 77.0 Å². The van der Waals surface area contributed by atoms with E-state index in [1.807, 2.05) is 24.3 Å². The molecule has 0 aliphatic carbocycles. The van der Waals surface area contributed by atoms with Crippen LogP contribution in [0.3, 0.4) is 0 Å². The zero-order valence-corrected chi connectivity index (χ0v) is 34.5. The van der Waals surface area contributed by atoms with Crippen LogP contribution in [-0.2, 0) is 37.5 Å². The standard InChI is InChI=1S/C42H72NO11P/c1-3-5-7-8-9-10-11-12-17-20-23-26-29-33-41(46)54-38(35-52-55(49,50)53-36-39(43)42(47)48)34-51-40(45)32-28-25-22-19-16-14-13-15-18-21-24-27-31-37(44)30-6-4-2/h10-11,13-14,18-19,21-22,27,31,37-39,44H,3-9,12,15-17,20,23-26,28-30,32-36,43H2,1-2H3,(H,47,48)(H,49,50)/b11-10-,14-13-,21-18-,22-19-,31-27-/t37-,38+,39-/m0/s1. The average Bonchev–Trinajstić information content (AvgIpc) is 3.15. The number of carbonyl (C=O) groups is 3. The molecule has 0 fully saturated rings. The van der Waals surface area contributed by atoms with Gasteiger partial charge in [0.15, 0.2) is 6.10 Å². The van der Waals surface area contributed by atoms with Gasteiger partial charge in [-0.05, 0) is 70.6 Å². The van der Waals surface area contributed by atoms with Crippen molar-refractivity contribution in [2.75, 3.05) is 19.8 Å². The van der Waals surface area contributed by atoms with Gasteiger partial charge in [0.25, 0.3) is 0 Å². The van der Waals surface area contributed by atoms with Crippen molar-refractivity contribution in [2.24, 2.45) is 5.73 Å². The second-order valence-electron chi connectivity index (χ2n) is 13.6. The Morgan fingerprint density at radius 1 is 0.636 bits per heavy atom. The summed E-state index contributed by atoms with van der Waals surface area (Å²) in [6, 6.07) is -1.54. The molecule has 13 heteroatoms. The Morgan fingerprint density at radius 3 is 1.78 bits per heavy atom. The number of nitrogens with two attached hydrogens (primary N) is 1. The number of aliphatic hydroxyl groups is 1. The number of aliphatic carboxylic acids is 1. The second-order valence-corrected chi connectivity index (χ2v) is 15.0. The number of hydrogen-bond donors (Lipinski definition) is 4. The van der Waals surface area contributed by atoms with E-state index in [-0.39, 0.29) is 18.9 Å². The van der Waals surface area contributed by atoms with Crippen LogP contribution < -0.4 is 5.73 Å². The molecule has 1 unspecified atom stereocenters. The van der Waals surface area contributed by atoms with E-state index in [9.17, 15) is 28.9 Å². The summed E-state index contributed by atoms with van der Waals surface area (Å²) in [6.07, 6.45) is 37.7. The SMILES string of the molecule is CCCCCC/C=C\CCCCCCCC(=O)O[C@H](COC(=O)CCC/C=C\C/C=C\C/C=C\C/C=C\[C@@H](O)CCCC)COP(=O)(O)OC[C@H](N)C(=O)O. The third kappa shape index (κ3) is 36.5. The van der Waals surface area contributed by atoms with E-state index in [2.05, 4.69) is 54.8 Å². The molecule has 0 aromatic heterocycles. The quantitative estimate of drug-likeness (QED) is 0.0202. The number of carboxylic acid groups (broad SMARTS) is 1. The highest BCUT2D eigenvalue weighted by Crippen LogP contribution is 2.43. The van der Waals surface area contributed by atoms with Crippen molar-refractivity contribution in [1.82, 2.24) is 0 Å². The normalized spacial score (nSPS) is 15.0. The van der Waals surface area contributed by atoms with Gasteiger partial charge in [0.05, 0.1) is 19.3 Å². The molecule has 0 aromatic carbocycles. The van der Waals surface area contributed by atoms with Crippen molar-refractivity contribution in [3.05, 3.63) is 60.8 Å². The van der Waals surface area contributed by atoms with Gasteiger partial charge in [0, 0.05) is 12.8 Å². The molecule has 0 amide bonds. The first-order valence-corrected chi connectivity index (χ1v) is 21.9. The minimum atomic E-state index is -4.74. The summed E-state index contributed by atoms with van der Waals surface area (Å²) in [5.74, 6) is -2.50. The van der Waals surface area contributed by atoms with E-state index >= 15 is 0 Å². The number of esters is 2. The smallest absolute Gasteiger partial charge is 0.472 e. The summed E-state index contributed by atoms with van der Waals surface area (Å²) in [6.45, 7) is 2.53. The predicted molar refractivity (Wildman–Crippen MR) is 218 cm³/mol. The summed E-state index contributed by atoms with van der Waals surface area (Å²) >= 11 is 0. The minimum absolute atomic E-state index is 0.125. The maximum Gasteiger partial charge on any atom is 0.472 e. The van der Waals surface area contributed by atoms with Gasteiger partial charge in [-0.15, -0.1) is 0 Å². The van der Waals surface area contributed by atoms with Crippen molar-refractivity contribution in [3.63, 3.8) is 0 Å². The number of hydrogen-bond acceptors (Lipinski definition) is 10. The van der Waals surface area contributed by atoms with Gasteiger partial charge in [0.1, 0.15) is 12.6 Å². The van der Waals surface area contributed by atoms with Crippen LogP contribution >= 0.6 is 7.82 Å². The molecule has 0 bridgehead atoms. The van der Waals surface area contributed by atoms with Gasteiger partial charge in [-0.3, -0.25) is 23.4 Å². The summed E-state index contributed by atoms with van der Waals surface area (Å²) in [7, 11) is -4.74. The first-order chi connectivity index (χ1) is 26.5. The van der Waals surface area contributed by atoms with Crippen molar-refractivity contribution >= 4 is 25.7 Å². The molecule has 0 aliphatic rings. The number of rotatable bonds is 37. The monoisotopic (exact) mass is 797 g/mol. The highest BCUT2D eigenvalue weighted by Gasteiger charge is 2.28. The average molecular weight is 798 g/mol. The van der Waals surface area contributed by atoms with Crippen LogP contribution in [0, 0.1) is 0 Å². The van der Waals surface area contributed by atoms with Crippen molar-refractivity contribution in [2.45, 2.75) is 167 Å². The number of aliphatic hydroxyl groups excluding tert-OH is 1. The zero-order chi connectivity index (χ0) is 40.8. The van der Waals surface area contributed by atoms with Gasteiger partial charge in [-0.1, -0.05) is 126 Å². The molecule has 0 radical (unpaired) electrons. The highest BCUT2D eigenvalue weighted by molar-refractivity contribution is 7.47. The number of phosphoric ester groups is 1. The molecule has 5 N–H and O–H groups in total. The van der Waals surface area contributed by atoms with E-state index in [4.69, 9.17) is 24.8 Å².